The summed E-state index contributed by atoms with van der Waals surface area (Å²) < 4.78 is 1.21. The zero-order chi connectivity index (χ0) is 14.0. The second kappa shape index (κ2) is 4.73. The number of benzene rings is 1. The van der Waals surface area contributed by atoms with Gasteiger partial charge in [0.2, 0.25) is 0 Å². The van der Waals surface area contributed by atoms with Crippen LogP contribution in [0.5, 0.6) is 0 Å². The summed E-state index contributed by atoms with van der Waals surface area (Å²) in [7, 11) is 0. The molecule has 0 aliphatic carbocycles. The average Bonchev–Trinajstić information content (AvgIpc) is 2.38. The second-order valence-electron chi connectivity index (χ2n) is 3.70. The number of rotatable bonds is 3. The molecule has 7 nitrogen and oxygen atoms in total. The Hall–Kier alpha value is -2.96. The van der Waals surface area contributed by atoms with E-state index >= 15 is 0 Å². The number of aromatic carboxylic acids is 1. The molecule has 1 N–H and O–H groups in total. The molecule has 0 spiro atoms. The largest absolute Gasteiger partial charge is 0.477 e. The third kappa shape index (κ3) is 2.49. The smallest absolute Gasteiger partial charge is 0.353 e. The van der Waals surface area contributed by atoms with E-state index in [2.05, 4.69) is 0 Å². The second-order valence-corrected chi connectivity index (χ2v) is 3.70. The van der Waals surface area contributed by atoms with Crippen LogP contribution >= 0.6 is 0 Å². The topological polar surface area (TPSA) is 102 Å². The Morgan fingerprint density at radius 3 is 2.63 bits per heavy atom. The van der Waals surface area contributed by atoms with Crippen LogP contribution in [-0.2, 0) is 0 Å². The summed E-state index contributed by atoms with van der Waals surface area (Å²) in [6.45, 7) is 0. The van der Waals surface area contributed by atoms with Gasteiger partial charge in [-0.25, -0.2) is 4.79 Å². The first-order valence-corrected chi connectivity index (χ1v) is 5.20. The molecule has 19 heavy (non-hydrogen) atoms. The van der Waals surface area contributed by atoms with Gasteiger partial charge in [-0.05, 0) is 6.07 Å². The van der Waals surface area contributed by atoms with E-state index in [-0.39, 0.29) is 11.4 Å². The molecular formula is C12H8N2O5. The Bertz CT molecular complexity index is 720. The molecule has 2 aromatic rings. The summed E-state index contributed by atoms with van der Waals surface area (Å²) in [5, 5.41) is 19.7. The summed E-state index contributed by atoms with van der Waals surface area (Å²) in [5.74, 6) is -1.29. The molecule has 0 aliphatic rings. The zero-order valence-electron chi connectivity index (χ0n) is 9.52. The van der Waals surface area contributed by atoms with Crippen LogP contribution in [0.4, 0.5) is 5.69 Å². The van der Waals surface area contributed by atoms with E-state index in [1.807, 2.05) is 0 Å². The zero-order valence-corrected chi connectivity index (χ0v) is 9.52. The molecule has 0 radical (unpaired) electrons. The van der Waals surface area contributed by atoms with Crippen molar-refractivity contribution in [3.8, 4) is 5.69 Å². The molecule has 1 aromatic carbocycles. The Kier molecular flexibility index (Phi) is 3.11. The van der Waals surface area contributed by atoms with E-state index in [0.717, 1.165) is 6.07 Å². The maximum atomic E-state index is 11.2. The van der Waals surface area contributed by atoms with Gasteiger partial charge in [0.1, 0.15) is 5.69 Å². The van der Waals surface area contributed by atoms with Gasteiger partial charge in [-0.15, -0.1) is 0 Å². The quantitative estimate of drug-likeness (QED) is 0.664. The molecule has 7 heteroatoms. The highest BCUT2D eigenvalue weighted by atomic mass is 16.6. The summed E-state index contributed by atoms with van der Waals surface area (Å²) in [6.07, 6.45) is 1.27. The molecule has 96 valence electrons. The van der Waals surface area contributed by atoms with Crippen LogP contribution in [0.3, 0.4) is 0 Å². The van der Waals surface area contributed by atoms with Crippen LogP contribution in [0, 0.1) is 10.1 Å². The molecule has 1 aromatic heterocycles. The number of nitro groups is 1. The first-order chi connectivity index (χ1) is 8.99. The van der Waals surface area contributed by atoms with E-state index in [0.29, 0.717) is 5.69 Å². The standard InChI is InChI=1S/C12H8N2O5/c15-10-4-5-13(11(7-10)12(16)17)8-2-1-3-9(6-8)14(18)19/h1-7H,(H,16,17). The van der Waals surface area contributed by atoms with Crippen LogP contribution < -0.4 is 5.43 Å². The lowest BCUT2D eigenvalue weighted by molar-refractivity contribution is -0.384. The number of carbonyl (C=O) groups is 1. The summed E-state index contributed by atoms with van der Waals surface area (Å²) >= 11 is 0. The number of pyridine rings is 1. The van der Waals surface area contributed by atoms with Gasteiger partial charge in [0, 0.05) is 30.5 Å². The molecule has 0 aliphatic heterocycles. The number of hydrogen-bond acceptors (Lipinski definition) is 4. The predicted octanol–water partition coefficient (Wildman–Crippen LogP) is 1.44. The van der Waals surface area contributed by atoms with Gasteiger partial charge in [0.05, 0.1) is 10.6 Å². The van der Waals surface area contributed by atoms with Gasteiger partial charge in [-0.2, -0.15) is 0 Å². The minimum Gasteiger partial charge on any atom is -0.477 e. The van der Waals surface area contributed by atoms with Gasteiger partial charge in [-0.3, -0.25) is 14.9 Å². The molecule has 0 amide bonds. The molecule has 0 saturated carbocycles. The SMILES string of the molecule is O=C(O)c1cc(=O)ccn1-c1cccc([N+](=O)[O-])c1. The van der Waals surface area contributed by atoms with Gasteiger partial charge in [-0.1, -0.05) is 6.07 Å². The number of non-ortho nitro benzene ring substituents is 1. The van der Waals surface area contributed by atoms with Gasteiger partial charge < -0.3 is 9.67 Å². The van der Waals surface area contributed by atoms with Crippen molar-refractivity contribution >= 4 is 11.7 Å². The fourth-order valence-electron chi connectivity index (χ4n) is 1.63. The van der Waals surface area contributed by atoms with E-state index in [9.17, 15) is 19.7 Å². The minimum atomic E-state index is -1.29. The van der Waals surface area contributed by atoms with E-state index in [1.54, 1.807) is 0 Å². The highest BCUT2D eigenvalue weighted by Gasteiger charge is 2.13. The molecule has 0 bridgehead atoms. The lowest BCUT2D eigenvalue weighted by atomic mass is 10.2. The Balaban J connectivity index is 2.65. The molecule has 0 saturated heterocycles. The highest BCUT2D eigenvalue weighted by molar-refractivity contribution is 5.86. The molecule has 0 unspecified atom stereocenters. The van der Waals surface area contributed by atoms with Crippen molar-refractivity contribution < 1.29 is 14.8 Å². The van der Waals surface area contributed by atoms with E-state index in [1.165, 1.54) is 41.1 Å². The summed E-state index contributed by atoms with van der Waals surface area (Å²) in [4.78, 5) is 32.4. The van der Waals surface area contributed by atoms with Crippen molar-refractivity contribution in [2.24, 2.45) is 0 Å². The maximum absolute atomic E-state index is 11.2. The fraction of sp³-hybridized carbons (Fsp3) is 0. The van der Waals surface area contributed by atoms with Crippen LogP contribution in [0.15, 0.2) is 47.4 Å². The molecule has 0 fully saturated rings. The number of hydrogen-bond donors (Lipinski definition) is 1. The Labute approximate surface area is 106 Å². The highest BCUT2D eigenvalue weighted by Crippen LogP contribution is 2.17. The van der Waals surface area contributed by atoms with Crippen LogP contribution in [-0.4, -0.2) is 20.6 Å². The third-order valence-electron chi connectivity index (χ3n) is 2.46. The maximum Gasteiger partial charge on any atom is 0.353 e. The van der Waals surface area contributed by atoms with Crippen LogP contribution in [0.25, 0.3) is 5.69 Å². The number of aromatic nitrogens is 1. The van der Waals surface area contributed by atoms with Crippen molar-refractivity contribution in [2.45, 2.75) is 0 Å². The fourth-order valence-corrected chi connectivity index (χ4v) is 1.63. The van der Waals surface area contributed by atoms with Gasteiger partial charge in [0.15, 0.2) is 5.43 Å². The summed E-state index contributed by atoms with van der Waals surface area (Å²) in [6, 6.07) is 7.64. The normalized spacial score (nSPS) is 10.1. The van der Waals surface area contributed by atoms with Crippen LogP contribution in [0.2, 0.25) is 0 Å². The Morgan fingerprint density at radius 1 is 1.26 bits per heavy atom. The molecule has 0 atom stereocenters. The molecule has 2 rings (SSSR count). The molecular weight excluding hydrogens is 252 g/mol. The number of carboxylic acid groups (broad SMARTS) is 1. The van der Waals surface area contributed by atoms with Crippen molar-refractivity contribution in [3.05, 3.63) is 68.6 Å². The minimum absolute atomic E-state index is 0.160. The van der Waals surface area contributed by atoms with Gasteiger partial charge >= 0.3 is 5.97 Å². The van der Waals surface area contributed by atoms with E-state index < -0.39 is 16.3 Å². The third-order valence-corrected chi connectivity index (χ3v) is 2.46. The van der Waals surface area contributed by atoms with Gasteiger partial charge in [0.25, 0.3) is 5.69 Å². The van der Waals surface area contributed by atoms with Crippen molar-refractivity contribution in [1.29, 1.82) is 0 Å². The number of carboxylic acids is 1. The lowest BCUT2D eigenvalue weighted by Crippen LogP contribution is -2.14. The summed E-state index contributed by atoms with van der Waals surface area (Å²) in [5.41, 5.74) is -0.564. The number of nitrogens with zero attached hydrogens (tertiary/aromatic N) is 2. The Morgan fingerprint density at radius 2 is 2.00 bits per heavy atom. The first kappa shape index (κ1) is 12.5. The van der Waals surface area contributed by atoms with Crippen LogP contribution in [0.1, 0.15) is 10.5 Å². The number of nitro benzene ring substituents is 1. The van der Waals surface area contributed by atoms with Crippen molar-refractivity contribution in [3.63, 3.8) is 0 Å². The first-order valence-electron chi connectivity index (χ1n) is 5.20. The predicted molar refractivity (Wildman–Crippen MR) is 65.7 cm³/mol. The van der Waals surface area contributed by atoms with E-state index in [4.69, 9.17) is 5.11 Å². The van der Waals surface area contributed by atoms with Crippen molar-refractivity contribution in [1.82, 2.24) is 4.57 Å². The lowest BCUT2D eigenvalue weighted by Gasteiger charge is -2.09. The average molecular weight is 260 g/mol. The van der Waals surface area contributed by atoms with Crippen molar-refractivity contribution in [2.75, 3.05) is 0 Å². The molecule has 1 heterocycles. The monoisotopic (exact) mass is 260 g/mol.